The summed E-state index contributed by atoms with van der Waals surface area (Å²) in [7, 11) is 1.47. The number of hydrogen-bond acceptors (Lipinski definition) is 5. The van der Waals surface area contributed by atoms with E-state index in [1.165, 1.54) is 13.2 Å². The number of halogens is 1. The van der Waals surface area contributed by atoms with Crippen LogP contribution in [-0.4, -0.2) is 37.4 Å². The molecule has 0 saturated heterocycles. The van der Waals surface area contributed by atoms with Gasteiger partial charge in [0.05, 0.1) is 12.1 Å². The molecule has 1 N–H and O–H groups in total. The maximum absolute atomic E-state index is 12.8. The number of ketones is 1. The minimum absolute atomic E-state index is 0.223. The Morgan fingerprint density at radius 1 is 0.906 bits per heavy atom. The van der Waals surface area contributed by atoms with Crippen molar-refractivity contribution in [2.45, 2.75) is 12.5 Å². The van der Waals surface area contributed by atoms with Gasteiger partial charge in [0.2, 0.25) is 0 Å². The first-order valence-electron chi connectivity index (χ1n) is 9.91. The number of rotatable bonds is 9. The standard InChI is InChI=1S/C25H22ClNO5/c1-31-23-13-12-19(15-20(23)26)22(28)16-32-25(30)21(14-17-8-4-2-5-9-17)27-24(29)18-10-6-3-7-11-18/h2-13,15,21H,14,16H2,1H3,(H,27,29). The number of carbonyl (C=O) groups is 3. The average molecular weight is 452 g/mol. The van der Waals surface area contributed by atoms with Crippen molar-refractivity contribution in [2.75, 3.05) is 13.7 Å². The molecule has 0 aliphatic heterocycles. The molecule has 0 heterocycles. The lowest BCUT2D eigenvalue weighted by atomic mass is 10.1. The summed E-state index contributed by atoms with van der Waals surface area (Å²) in [5, 5.41) is 2.99. The van der Waals surface area contributed by atoms with E-state index in [0.29, 0.717) is 11.3 Å². The van der Waals surface area contributed by atoms with Gasteiger partial charge in [-0.1, -0.05) is 60.1 Å². The number of carbonyl (C=O) groups excluding carboxylic acids is 3. The van der Waals surface area contributed by atoms with Gasteiger partial charge in [-0.15, -0.1) is 0 Å². The highest BCUT2D eigenvalue weighted by Crippen LogP contribution is 2.25. The van der Waals surface area contributed by atoms with E-state index in [0.717, 1.165) is 5.56 Å². The van der Waals surface area contributed by atoms with Gasteiger partial charge in [-0.25, -0.2) is 4.79 Å². The molecule has 3 rings (SSSR count). The molecule has 0 radical (unpaired) electrons. The molecule has 0 aromatic heterocycles. The fraction of sp³-hybridized carbons (Fsp3) is 0.160. The predicted molar refractivity (Wildman–Crippen MR) is 121 cm³/mol. The lowest BCUT2D eigenvalue weighted by molar-refractivity contribution is -0.144. The van der Waals surface area contributed by atoms with E-state index in [2.05, 4.69) is 5.32 Å². The molecule has 1 atom stereocenters. The second kappa shape index (κ2) is 11.1. The molecule has 3 aromatic carbocycles. The summed E-state index contributed by atoms with van der Waals surface area (Å²) in [6.07, 6.45) is 0.223. The maximum Gasteiger partial charge on any atom is 0.329 e. The Balaban J connectivity index is 1.69. The predicted octanol–water partition coefficient (Wildman–Crippen LogP) is 4.12. The van der Waals surface area contributed by atoms with Crippen molar-refractivity contribution >= 4 is 29.3 Å². The molecular weight excluding hydrogens is 430 g/mol. The molecule has 164 valence electrons. The fourth-order valence-electron chi connectivity index (χ4n) is 3.03. The van der Waals surface area contributed by atoms with Crippen molar-refractivity contribution in [2.24, 2.45) is 0 Å². The molecule has 0 saturated carbocycles. The van der Waals surface area contributed by atoms with Crippen molar-refractivity contribution in [1.29, 1.82) is 0 Å². The Hall–Kier alpha value is -3.64. The van der Waals surface area contributed by atoms with Crippen LogP contribution >= 0.6 is 11.6 Å². The van der Waals surface area contributed by atoms with Crippen molar-refractivity contribution in [3.05, 3.63) is 101 Å². The van der Waals surface area contributed by atoms with Gasteiger partial charge in [-0.05, 0) is 35.9 Å². The van der Waals surface area contributed by atoms with E-state index in [4.69, 9.17) is 21.1 Å². The highest BCUT2D eigenvalue weighted by atomic mass is 35.5. The molecule has 1 unspecified atom stereocenters. The van der Waals surface area contributed by atoms with Crippen LogP contribution in [0.25, 0.3) is 0 Å². The zero-order valence-corrected chi connectivity index (χ0v) is 18.2. The van der Waals surface area contributed by atoms with E-state index in [9.17, 15) is 14.4 Å². The number of amides is 1. The first kappa shape index (κ1) is 23.0. The summed E-state index contributed by atoms with van der Waals surface area (Å²) < 4.78 is 10.3. The second-order valence-corrected chi connectivity index (χ2v) is 7.37. The molecule has 0 fully saturated rings. The molecule has 7 heteroatoms. The van der Waals surface area contributed by atoms with Crippen LogP contribution in [0.4, 0.5) is 0 Å². The minimum atomic E-state index is -0.961. The van der Waals surface area contributed by atoms with Gasteiger partial charge in [-0.2, -0.15) is 0 Å². The third kappa shape index (κ3) is 6.18. The molecule has 0 aliphatic carbocycles. The largest absolute Gasteiger partial charge is 0.495 e. The number of hydrogen-bond donors (Lipinski definition) is 1. The normalized spacial score (nSPS) is 11.3. The molecule has 0 spiro atoms. The highest BCUT2D eigenvalue weighted by molar-refractivity contribution is 6.32. The quantitative estimate of drug-likeness (QED) is 0.391. The van der Waals surface area contributed by atoms with Crippen molar-refractivity contribution in [1.82, 2.24) is 5.32 Å². The van der Waals surface area contributed by atoms with Crippen LogP contribution in [0, 0.1) is 0 Å². The summed E-state index contributed by atoms with van der Waals surface area (Å²) in [4.78, 5) is 37.8. The topological polar surface area (TPSA) is 81.7 Å². The third-order valence-electron chi connectivity index (χ3n) is 4.73. The Bertz CT molecular complexity index is 1090. The van der Waals surface area contributed by atoms with E-state index in [1.807, 2.05) is 30.3 Å². The van der Waals surface area contributed by atoms with Gasteiger partial charge in [0.15, 0.2) is 12.4 Å². The van der Waals surface area contributed by atoms with E-state index in [-0.39, 0.29) is 17.0 Å². The summed E-state index contributed by atoms with van der Waals surface area (Å²) in [5.74, 6) is -1.09. The Labute approximate surface area is 191 Å². The molecule has 0 aliphatic rings. The average Bonchev–Trinajstić information content (AvgIpc) is 2.83. The van der Waals surface area contributed by atoms with E-state index >= 15 is 0 Å². The molecule has 1 amide bonds. The summed E-state index contributed by atoms with van der Waals surface area (Å²) in [6, 6.07) is 21.4. The van der Waals surface area contributed by atoms with E-state index < -0.39 is 30.3 Å². The zero-order valence-electron chi connectivity index (χ0n) is 17.4. The van der Waals surface area contributed by atoms with Gasteiger partial charge < -0.3 is 14.8 Å². The van der Waals surface area contributed by atoms with Crippen LogP contribution in [0.3, 0.4) is 0 Å². The maximum atomic E-state index is 12.8. The Morgan fingerprint density at radius 2 is 1.56 bits per heavy atom. The Kier molecular flexibility index (Phi) is 8.00. The van der Waals surface area contributed by atoms with Crippen LogP contribution < -0.4 is 10.1 Å². The lowest BCUT2D eigenvalue weighted by Gasteiger charge is -2.18. The number of esters is 1. The zero-order chi connectivity index (χ0) is 22.9. The first-order valence-corrected chi connectivity index (χ1v) is 10.3. The number of nitrogens with one attached hydrogen (secondary N) is 1. The minimum Gasteiger partial charge on any atom is -0.495 e. The van der Waals surface area contributed by atoms with Crippen LogP contribution in [0.15, 0.2) is 78.9 Å². The van der Waals surface area contributed by atoms with Crippen LogP contribution in [-0.2, 0) is 16.0 Å². The van der Waals surface area contributed by atoms with Crippen molar-refractivity contribution in [3.8, 4) is 5.75 Å². The number of Topliss-reactive ketones (excluding diaryl/α,β-unsaturated/α-hetero) is 1. The van der Waals surface area contributed by atoms with Crippen molar-refractivity contribution < 1.29 is 23.9 Å². The number of methoxy groups -OCH3 is 1. The van der Waals surface area contributed by atoms with E-state index in [1.54, 1.807) is 42.5 Å². The molecule has 32 heavy (non-hydrogen) atoms. The van der Waals surface area contributed by atoms with Gasteiger partial charge in [0, 0.05) is 17.5 Å². The van der Waals surface area contributed by atoms with Crippen LogP contribution in [0.1, 0.15) is 26.3 Å². The monoisotopic (exact) mass is 451 g/mol. The molecule has 3 aromatic rings. The molecular formula is C25H22ClNO5. The Morgan fingerprint density at radius 3 is 2.19 bits per heavy atom. The molecule has 0 bridgehead atoms. The van der Waals surface area contributed by atoms with Gasteiger partial charge >= 0.3 is 5.97 Å². The fourth-order valence-corrected chi connectivity index (χ4v) is 3.29. The summed E-state index contributed by atoms with van der Waals surface area (Å²) in [5.41, 5.74) is 1.55. The highest BCUT2D eigenvalue weighted by Gasteiger charge is 2.24. The summed E-state index contributed by atoms with van der Waals surface area (Å²) in [6.45, 7) is -0.478. The van der Waals surface area contributed by atoms with Gasteiger partial charge in [0.1, 0.15) is 11.8 Å². The number of benzene rings is 3. The van der Waals surface area contributed by atoms with Gasteiger partial charge in [0.25, 0.3) is 5.91 Å². The summed E-state index contributed by atoms with van der Waals surface area (Å²) >= 11 is 6.06. The van der Waals surface area contributed by atoms with Crippen molar-refractivity contribution in [3.63, 3.8) is 0 Å². The van der Waals surface area contributed by atoms with Gasteiger partial charge in [-0.3, -0.25) is 9.59 Å². The third-order valence-corrected chi connectivity index (χ3v) is 5.02. The number of ether oxygens (including phenoxy) is 2. The lowest BCUT2D eigenvalue weighted by Crippen LogP contribution is -2.43. The SMILES string of the molecule is COc1ccc(C(=O)COC(=O)C(Cc2ccccc2)NC(=O)c2ccccc2)cc1Cl. The van der Waals surface area contributed by atoms with Crippen LogP contribution in [0.2, 0.25) is 5.02 Å². The second-order valence-electron chi connectivity index (χ2n) is 6.96. The smallest absolute Gasteiger partial charge is 0.329 e. The van der Waals surface area contributed by atoms with Crippen LogP contribution in [0.5, 0.6) is 5.75 Å². The molecule has 6 nitrogen and oxygen atoms in total. The first-order chi connectivity index (χ1) is 15.5.